The normalized spacial score (nSPS) is 16.5. The molecule has 0 saturated heterocycles. The van der Waals surface area contributed by atoms with Crippen molar-refractivity contribution >= 4 is 18.0 Å². The number of benzene rings is 1. The second-order valence-corrected chi connectivity index (χ2v) is 3.84. The summed E-state index contributed by atoms with van der Waals surface area (Å²) in [7, 11) is 1.71. The van der Waals surface area contributed by atoms with Gasteiger partial charge in [-0.25, -0.2) is 0 Å². The van der Waals surface area contributed by atoms with Gasteiger partial charge in [0.2, 0.25) is 0 Å². The zero-order valence-electron chi connectivity index (χ0n) is 9.53. The molecule has 1 aliphatic rings. The quantitative estimate of drug-likeness (QED) is 0.862. The van der Waals surface area contributed by atoms with Crippen LogP contribution in [0.15, 0.2) is 24.3 Å². The molecule has 2 N–H and O–H groups in total. The number of ether oxygens (including phenoxy) is 1. The van der Waals surface area contributed by atoms with Crippen molar-refractivity contribution in [2.75, 3.05) is 13.7 Å². The van der Waals surface area contributed by atoms with Crippen LogP contribution in [0.5, 0.6) is 5.75 Å². The molecule has 0 saturated carbocycles. The van der Waals surface area contributed by atoms with E-state index in [1.54, 1.807) is 7.11 Å². The van der Waals surface area contributed by atoms with Crippen LogP contribution in [0.1, 0.15) is 24.0 Å². The molecule has 16 heavy (non-hydrogen) atoms. The number of methoxy groups -OCH3 is 1. The highest BCUT2D eigenvalue weighted by atomic mass is 35.5. The summed E-state index contributed by atoms with van der Waals surface area (Å²) in [6, 6.07) is 6.32. The minimum Gasteiger partial charge on any atom is -0.497 e. The molecule has 88 valence electrons. The molecule has 2 nitrogen and oxygen atoms in total. The van der Waals surface area contributed by atoms with Crippen molar-refractivity contribution in [1.29, 1.82) is 0 Å². The highest BCUT2D eigenvalue weighted by Crippen LogP contribution is 2.32. The lowest BCUT2D eigenvalue weighted by Crippen LogP contribution is -2.04. The third-order valence-corrected chi connectivity index (χ3v) is 2.92. The van der Waals surface area contributed by atoms with E-state index in [9.17, 15) is 0 Å². The molecule has 0 aromatic heterocycles. The van der Waals surface area contributed by atoms with Gasteiger partial charge in [-0.2, -0.15) is 0 Å². The average molecular weight is 240 g/mol. The zero-order chi connectivity index (χ0) is 10.7. The maximum Gasteiger partial charge on any atom is 0.119 e. The van der Waals surface area contributed by atoms with E-state index in [0.717, 1.165) is 12.2 Å². The Bertz CT molecular complexity index is 388. The van der Waals surface area contributed by atoms with Crippen molar-refractivity contribution in [2.24, 2.45) is 5.73 Å². The molecule has 0 amide bonds. The Hall–Kier alpha value is -0.990. The van der Waals surface area contributed by atoms with Gasteiger partial charge in [0.1, 0.15) is 5.75 Å². The third-order valence-electron chi connectivity index (χ3n) is 2.92. The second kappa shape index (κ2) is 5.92. The number of halogens is 1. The van der Waals surface area contributed by atoms with Gasteiger partial charge < -0.3 is 10.5 Å². The summed E-state index contributed by atoms with van der Waals surface area (Å²) in [4.78, 5) is 0. The topological polar surface area (TPSA) is 35.2 Å². The fourth-order valence-electron chi connectivity index (χ4n) is 2.16. The minimum atomic E-state index is 0. The van der Waals surface area contributed by atoms with Crippen molar-refractivity contribution in [3.63, 3.8) is 0 Å². The van der Waals surface area contributed by atoms with Crippen LogP contribution >= 0.6 is 12.4 Å². The number of aryl methyl sites for hydroxylation is 1. The van der Waals surface area contributed by atoms with E-state index >= 15 is 0 Å². The Labute approximate surface area is 103 Å². The molecule has 0 aliphatic heterocycles. The van der Waals surface area contributed by atoms with Gasteiger partial charge in [-0.15, -0.1) is 12.4 Å². The van der Waals surface area contributed by atoms with Crippen LogP contribution < -0.4 is 10.5 Å². The van der Waals surface area contributed by atoms with Crippen molar-refractivity contribution in [1.82, 2.24) is 0 Å². The summed E-state index contributed by atoms with van der Waals surface area (Å²) in [5.41, 5.74) is 9.70. The van der Waals surface area contributed by atoms with E-state index in [2.05, 4.69) is 18.2 Å². The molecular formula is C13H18ClNO. The number of allylic oxidation sites excluding steroid dienone is 1. The lowest BCUT2D eigenvalue weighted by molar-refractivity contribution is 0.414. The standard InChI is InChI=1S/C13H17NO.ClH/c1-15-12-6-5-10-3-2-4-11(7-8-14)13(10)9-12;/h5-7,9H,2-4,8,14H2,1H3;1H. The number of nitrogens with two attached hydrogens (primary N) is 1. The Morgan fingerprint density at radius 2 is 2.19 bits per heavy atom. The lowest BCUT2D eigenvalue weighted by atomic mass is 9.87. The first kappa shape index (κ1) is 13.1. The van der Waals surface area contributed by atoms with Gasteiger partial charge in [-0.05, 0) is 48.1 Å². The monoisotopic (exact) mass is 239 g/mol. The van der Waals surface area contributed by atoms with Crippen molar-refractivity contribution in [3.8, 4) is 5.75 Å². The average Bonchev–Trinajstić information content (AvgIpc) is 2.29. The number of fused-ring (bicyclic) bond motifs is 1. The van der Waals surface area contributed by atoms with Gasteiger partial charge in [0.05, 0.1) is 7.11 Å². The second-order valence-electron chi connectivity index (χ2n) is 3.84. The van der Waals surface area contributed by atoms with Crippen molar-refractivity contribution in [2.45, 2.75) is 19.3 Å². The fraction of sp³-hybridized carbons (Fsp3) is 0.385. The molecule has 0 bridgehead atoms. The fourth-order valence-corrected chi connectivity index (χ4v) is 2.16. The first-order valence-corrected chi connectivity index (χ1v) is 5.41. The van der Waals surface area contributed by atoms with E-state index in [1.807, 2.05) is 6.07 Å². The predicted molar refractivity (Wildman–Crippen MR) is 70.2 cm³/mol. The van der Waals surface area contributed by atoms with Gasteiger partial charge in [-0.3, -0.25) is 0 Å². The lowest BCUT2D eigenvalue weighted by Gasteiger charge is -2.19. The van der Waals surface area contributed by atoms with E-state index < -0.39 is 0 Å². The Kier molecular flexibility index (Phi) is 4.84. The molecule has 1 aromatic rings. The smallest absolute Gasteiger partial charge is 0.119 e. The van der Waals surface area contributed by atoms with Gasteiger partial charge in [0.15, 0.2) is 0 Å². The van der Waals surface area contributed by atoms with Crippen LogP contribution in [0.4, 0.5) is 0 Å². The SMILES string of the molecule is COc1ccc2c(c1)C(=CCN)CCC2.Cl. The first-order valence-electron chi connectivity index (χ1n) is 5.41. The number of rotatable bonds is 2. The van der Waals surface area contributed by atoms with E-state index in [1.165, 1.54) is 29.5 Å². The highest BCUT2D eigenvalue weighted by Gasteiger charge is 2.14. The molecule has 0 spiro atoms. The van der Waals surface area contributed by atoms with Crippen LogP contribution in [0, 0.1) is 0 Å². The minimum absolute atomic E-state index is 0. The molecule has 0 fully saturated rings. The molecule has 0 heterocycles. The maximum atomic E-state index is 5.58. The van der Waals surface area contributed by atoms with Gasteiger partial charge >= 0.3 is 0 Å². The summed E-state index contributed by atoms with van der Waals surface area (Å²) in [5.74, 6) is 0.929. The van der Waals surface area contributed by atoms with E-state index in [4.69, 9.17) is 10.5 Å². The summed E-state index contributed by atoms with van der Waals surface area (Å²) >= 11 is 0. The third kappa shape index (κ3) is 2.57. The Balaban J connectivity index is 0.00000128. The molecule has 0 radical (unpaired) electrons. The van der Waals surface area contributed by atoms with Crippen LogP contribution in [0.25, 0.3) is 5.57 Å². The molecular weight excluding hydrogens is 222 g/mol. The van der Waals surface area contributed by atoms with Crippen LogP contribution in [0.3, 0.4) is 0 Å². The Morgan fingerprint density at radius 3 is 2.88 bits per heavy atom. The molecule has 1 aliphatic carbocycles. The van der Waals surface area contributed by atoms with Gasteiger partial charge in [-0.1, -0.05) is 12.1 Å². The molecule has 0 unspecified atom stereocenters. The van der Waals surface area contributed by atoms with Crippen molar-refractivity contribution in [3.05, 3.63) is 35.4 Å². The van der Waals surface area contributed by atoms with Gasteiger partial charge in [0.25, 0.3) is 0 Å². The summed E-state index contributed by atoms with van der Waals surface area (Å²) in [6.45, 7) is 0.617. The van der Waals surface area contributed by atoms with Crippen LogP contribution in [-0.2, 0) is 6.42 Å². The van der Waals surface area contributed by atoms with E-state index in [0.29, 0.717) is 6.54 Å². The van der Waals surface area contributed by atoms with Crippen LogP contribution in [0.2, 0.25) is 0 Å². The largest absolute Gasteiger partial charge is 0.497 e. The zero-order valence-corrected chi connectivity index (χ0v) is 10.3. The highest BCUT2D eigenvalue weighted by molar-refractivity contribution is 5.85. The summed E-state index contributed by atoms with van der Waals surface area (Å²) in [6.07, 6.45) is 5.65. The van der Waals surface area contributed by atoms with Crippen LogP contribution in [-0.4, -0.2) is 13.7 Å². The molecule has 0 atom stereocenters. The Morgan fingerprint density at radius 1 is 1.38 bits per heavy atom. The van der Waals surface area contributed by atoms with Gasteiger partial charge in [0, 0.05) is 6.54 Å². The predicted octanol–water partition coefficient (Wildman–Crippen LogP) is 2.80. The number of hydrogen-bond acceptors (Lipinski definition) is 2. The molecule has 1 aromatic carbocycles. The molecule has 2 rings (SSSR count). The van der Waals surface area contributed by atoms with E-state index in [-0.39, 0.29) is 12.4 Å². The maximum absolute atomic E-state index is 5.58. The van der Waals surface area contributed by atoms with Crippen molar-refractivity contribution < 1.29 is 4.74 Å². The number of hydrogen-bond donors (Lipinski definition) is 1. The summed E-state index contributed by atoms with van der Waals surface area (Å²) < 4.78 is 5.25. The molecule has 3 heteroatoms. The first-order chi connectivity index (χ1) is 7.35. The summed E-state index contributed by atoms with van der Waals surface area (Å²) in [5, 5.41) is 0.